The zero-order valence-electron chi connectivity index (χ0n) is 9.74. The van der Waals surface area contributed by atoms with Gasteiger partial charge >= 0.3 is 0 Å². The van der Waals surface area contributed by atoms with Crippen LogP contribution in [0.2, 0.25) is 0 Å². The van der Waals surface area contributed by atoms with Crippen LogP contribution in [0.15, 0.2) is 16.7 Å². The van der Waals surface area contributed by atoms with Gasteiger partial charge in [0.25, 0.3) is 0 Å². The molecule has 2 rings (SSSR count). The second-order valence-electron chi connectivity index (χ2n) is 4.51. The zero-order chi connectivity index (χ0) is 12.4. The molecule has 0 spiro atoms. The fraction of sp³-hybridized carbons (Fsp3) is 0.500. The summed E-state index contributed by atoms with van der Waals surface area (Å²) < 4.78 is 0.908. The maximum atomic E-state index is 12.0. The minimum atomic E-state index is -0.0696. The summed E-state index contributed by atoms with van der Waals surface area (Å²) >= 11 is 3.34. The van der Waals surface area contributed by atoms with E-state index in [9.17, 15) is 4.79 Å². The number of nitrogens with zero attached hydrogens (tertiary/aromatic N) is 1. The first-order valence-electron chi connectivity index (χ1n) is 5.76. The molecule has 1 aliphatic rings. The standard InChI is InChI=1S/C12H16BrN3O/c1-7-5-8(13)6-15-11(7)16-12(17)9-3-2-4-10(9)14/h5-6,9-10H,2-4,14H2,1H3,(H,15,16,17). The number of aromatic nitrogens is 1. The number of anilines is 1. The number of pyridine rings is 1. The molecule has 0 radical (unpaired) electrons. The van der Waals surface area contributed by atoms with Gasteiger partial charge in [0.1, 0.15) is 5.82 Å². The number of hydrogen-bond acceptors (Lipinski definition) is 3. The molecule has 3 N–H and O–H groups in total. The van der Waals surface area contributed by atoms with E-state index in [2.05, 4.69) is 26.2 Å². The van der Waals surface area contributed by atoms with E-state index in [1.54, 1.807) is 6.20 Å². The first kappa shape index (κ1) is 12.5. The van der Waals surface area contributed by atoms with Gasteiger partial charge in [-0.05, 0) is 47.3 Å². The molecule has 1 fully saturated rings. The van der Waals surface area contributed by atoms with Crippen LogP contribution in [0.25, 0.3) is 0 Å². The van der Waals surface area contributed by atoms with Crippen LogP contribution in [0.4, 0.5) is 5.82 Å². The van der Waals surface area contributed by atoms with Gasteiger partial charge in [-0.1, -0.05) is 6.42 Å². The quantitative estimate of drug-likeness (QED) is 0.879. The normalized spacial score (nSPS) is 23.7. The molecule has 2 atom stereocenters. The van der Waals surface area contributed by atoms with Gasteiger partial charge in [-0.2, -0.15) is 0 Å². The van der Waals surface area contributed by atoms with E-state index in [0.717, 1.165) is 29.3 Å². The molecule has 1 amide bonds. The van der Waals surface area contributed by atoms with Crippen molar-refractivity contribution < 1.29 is 4.79 Å². The predicted molar refractivity (Wildman–Crippen MR) is 70.6 cm³/mol. The number of nitrogens with two attached hydrogens (primary N) is 1. The number of aryl methyl sites for hydroxylation is 1. The number of amides is 1. The van der Waals surface area contributed by atoms with Gasteiger partial charge in [-0.3, -0.25) is 4.79 Å². The lowest BCUT2D eigenvalue weighted by Gasteiger charge is -2.15. The summed E-state index contributed by atoms with van der Waals surface area (Å²) in [5.74, 6) is 0.546. The molecule has 1 aromatic heterocycles. The molecule has 5 heteroatoms. The van der Waals surface area contributed by atoms with E-state index in [0.29, 0.717) is 5.82 Å². The van der Waals surface area contributed by atoms with E-state index >= 15 is 0 Å². The summed E-state index contributed by atoms with van der Waals surface area (Å²) in [6.07, 6.45) is 4.52. The number of rotatable bonds is 2. The van der Waals surface area contributed by atoms with E-state index in [-0.39, 0.29) is 17.9 Å². The van der Waals surface area contributed by atoms with Crippen molar-refractivity contribution >= 4 is 27.7 Å². The Hall–Kier alpha value is -0.940. The number of nitrogens with one attached hydrogen (secondary N) is 1. The summed E-state index contributed by atoms with van der Waals surface area (Å²) in [4.78, 5) is 16.2. The average molecular weight is 298 g/mol. The molecule has 1 heterocycles. The van der Waals surface area contributed by atoms with Crippen LogP contribution >= 0.6 is 15.9 Å². The van der Waals surface area contributed by atoms with Gasteiger partial charge in [-0.25, -0.2) is 4.98 Å². The topological polar surface area (TPSA) is 68.0 Å². The molecule has 1 saturated carbocycles. The summed E-state index contributed by atoms with van der Waals surface area (Å²) in [7, 11) is 0. The third-order valence-electron chi connectivity index (χ3n) is 3.19. The number of hydrogen-bond donors (Lipinski definition) is 2. The summed E-state index contributed by atoms with van der Waals surface area (Å²) in [5, 5.41) is 2.86. The van der Waals surface area contributed by atoms with Crippen LogP contribution in [-0.2, 0) is 4.79 Å². The Kier molecular flexibility index (Phi) is 3.79. The Labute approximate surface area is 109 Å². The van der Waals surface area contributed by atoms with Gasteiger partial charge in [-0.15, -0.1) is 0 Å². The van der Waals surface area contributed by atoms with Crippen molar-refractivity contribution in [3.8, 4) is 0 Å². The second kappa shape index (κ2) is 5.14. The molecule has 0 saturated heterocycles. The van der Waals surface area contributed by atoms with Gasteiger partial charge in [0.2, 0.25) is 5.91 Å². The van der Waals surface area contributed by atoms with Crippen LogP contribution in [-0.4, -0.2) is 16.9 Å². The maximum Gasteiger partial charge on any atom is 0.230 e. The number of carbonyl (C=O) groups excluding carboxylic acids is 1. The highest BCUT2D eigenvalue weighted by atomic mass is 79.9. The average Bonchev–Trinajstić information content (AvgIpc) is 2.68. The third kappa shape index (κ3) is 2.84. The maximum absolute atomic E-state index is 12.0. The van der Waals surface area contributed by atoms with Crippen molar-refractivity contribution in [1.82, 2.24) is 4.98 Å². The fourth-order valence-electron chi connectivity index (χ4n) is 2.20. The molecule has 0 bridgehead atoms. The van der Waals surface area contributed by atoms with Crippen LogP contribution in [0, 0.1) is 12.8 Å². The minimum absolute atomic E-state index is 0.00655. The first-order chi connectivity index (χ1) is 8.08. The van der Waals surface area contributed by atoms with Crippen molar-refractivity contribution in [2.75, 3.05) is 5.32 Å². The molecule has 1 aromatic rings. The van der Waals surface area contributed by atoms with Crippen LogP contribution in [0.5, 0.6) is 0 Å². The highest BCUT2D eigenvalue weighted by Crippen LogP contribution is 2.26. The van der Waals surface area contributed by atoms with Crippen molar-refractivity contribution in [3.05, 3.63) is 22.3 Å². The van der Waals surface area contributed by atoms with Crippen LogP contribution in [0.3, 0.4) is 0 Å². The van der Waals surface area contributed by atoms with Crippen molar-refractivity contribution in [2.24, 2.45) is 11.7 Å². The molecule has 4 nitrogen and oxygen atoms in total. The van der Waals surface area contributed by atoms with Crippen molar-refractivity contribution in [2.45, 2.75) is 32.2 Å². The van der Waals surface area contributed by atoms with Gasteiger partial charge in [0, 0.05) is 16.7 Å². The SMILES string of the molecule is Cc1cc(Br)cnc1NC(=O)C1CCCC1N. The number of halogens is 1. The molecular formula is C12H16BrN3O. The summed E-state index contributed by atoms with van der Waals surface area (Å²) in [6, 6.07) is 1.92. The fourth-order valence-corrected chi connectivity index (χ4v) is 2.64. The smallest absolute Gasteiger partial charge is 0.230 e. The lowest BCUT2D eigenvalue weighted by molar-refractivity contribution is -0.120. The first-order valence-corrected chi connectivity index (χ1v) is 6.56. The monoisotopic (exact) mass is 297 g/mol. The van der Waals surface area contributed by atoms with Crippen molar-refractivity contribution in [1.29, 1.82) is 0 Å². The Morgan fingerprint density at radius 3 is 2.94 bits per heavy atom. The largest absolute Gasteiger partial charge is 0.327 e. The van der Waals surface area contributed by atoms with E-state index in [1.807, 2.05) is 13.0 Å². The summed E-state index contributed by atoms with van der Waals surface area (Å²) in [5.41, 5.74) is 6.85. The van der Waals surface area contributed by atoms with E-state index in [4.69, 9.17) is 5.73 Å². The molecular weight excluding hydrogens is 282 g/mol. The van der Waals surface area contributed by atoms with E-state index in [1.165, 1.54) is 0 Å². The summed E-state index contributed by atoms with van der Waals surface area (Å²) in [6.45, 7) is 1.92. The molecule has 2 unspecified atom stereocenters. The third-order valence-corrected chi connectivity index (χ3v) is 3.63. The van der Waals surface area contributed by atoms with E-state index < -0.39 is 0 Å². The predicted octanol–water partition coefficient (Wildman–Crippen LogP) is 2.22. The Balaban J connectivity index is 2.07. The van der Waals surface area contributed by atoms with Gasteiger partial charge < -0.3 is 11.1 Å². The molecule has 0 aliphatic heterocycles. The Bertz CT molecular complexity index is 436. The Morgan fingerprint density at radius 2 is 2.35 bits per heavy atom. The Morgan fingerprint density at radius 1 is 1.59 bits per heavy atom. The molecule has 92 valence electrons. The van der Waals surface area contributed by atoms with Crippen LogP contribution in [0.1, 0.15) is 24.8 Å². The minimum Gasteiger partial charge on any atom is -0.327 e. The highest BCUT2D eigenvalue weighted by Gasteiger charge is 2.30. The zero-order valence-corrected chi connectivity index (χ0v) is 11.3. The highest BCUT2D eigenvalue weighted by molar-refractivity contribution is 9.10. The second-order valence-corrected chi connectivity index (χ2v) is 5.43. The lowest BCUT2D eigenvalue weighted by atomic mass is 10.0. The van der Waals surface area contributed by atoms with Crippen molar-refractivity contribution in [3.63, 3.8) is 0 Å². The molecule has 1 aliphatic carbocycles. The van der Waals surface area contributed by atoms with Gasteiger partial charge in [0.15, 0.2) is 0 Å². The van der Waals surface area contributed by atoms with Gasteiger partial charge in [0.05, 0.1) is 5.92 Å². The number of carbonyl (C=O) groups is 1. The lowest BCUT2D eigenvalue weighted by Crippen LogP contribution is -2.34. The molecule has 0 aromatic carbocycles. The van der Waals surface area contributed by atoms with Crippen LogP contribution < -0.4 is 11.1 Å². The molecule has 17 heavy (non-hydrogen) atoms.